The van der Waals surface area contributed by atoms with Gasteiger partial charge in [-0.2, -0.15) is 0 Å². The molecule has 0 unspecified atom stereocenters. The maximum atomic E-state index is 2.67. The Morgan fingerprint density at radius 3 is 0.773 bits per heavy atom. The molecule has 0 N–H and O–H groups in total. The fourth-order valence-corrected chi connectivity index (χ4v) is 14.8. The molecule has 1 aromatic heterocycles. The molecule has 0 radical (unpaired) electrons. The highest BCUT2D eigenvalue weighted by atomic mass is 15.2. The van der Waals surface area contributed by atoms with Crippen LogP contribution in [0.1, 0.15) is 83.3 Å². The van der Waals surface area contributed by atoms with E-state index in [0.717, 1.165) is 51.2 Å². The monoisotopic (exact) mass is 1140 g/mol. The van der Waals surface area contributed by atoms with Gasteiger partial charge >= 0.3 is 0 Å². The van der Waals surface area contributed by atoms with E-state index in [9.17, 15) is 0 Å². The molecule has 3 heterocycles. The molecule has 2 aliphatic heterocycles. The molecule has 12 aromatic carbocycles. The number of benzene rings is 12. The Morgan fingerprint density at radius 2 is 0.489 bits per heavy atom. The summed E-state index contributed by atoms with van der Waals surface area (Å²) in [4.78, 5) is 7.15. The number of aryl methyl sites for hydroxylation is 6. The van der Waals surface area contributed by atoms with Gasteiger partial charge in [0.25, 0.3) is 0 Å². The van der Waals surface area contributed by atoms with E-state index in [-0.39, 0.29) is 10.8 Å². The van der Waals surface area contributed by atoms with Crippen LogP contribution in [0.25, 0.3) is 60.9 Å². The zero-order chi connectivity index (χ0) is 60.3. The van der Waals surface area contributed by atoms with E-state index in [1.54, 1.807) is 0 Å². The number of rotatable bonds is 12. The first kappa shape index (κ1) is 54.5. The maximum Gasteiger partial charge on any atom is 0.0582 e. The normalized spacial score (nSPS) is 13.3. The van der Waals surface area contributed by atoms with Crippen molar-refractivity contribution in [3.63, 3.8) is 0 Å². The summed E-state index contributed by atoms with van der Waals surface area (Å²) in [5, 5.41) is 2.57. The first-order valence-electron chi connectivity index (χ1n) is 31.0. The zero-order valence-electron chi connectivity index (χ0n) is 52.0. The van der Waals surface area contributed by atoms with Crippen molar-refractivity contribution >= 4 is 73.0 Å². The number of aromatic nitrogens is 1. The van der Waals surface area contributed by atoms with E-state index >= 15 is 0 Å². The smallest absolute Gasteiger partial charge is 0.0582 e. The Bertz CT molecular complexity index is 4580. The van der Waals surface area contributed by atoms with Gasteiger partial charge in [-0.1, -0.05) is 137 Å². The van der Waals surface area contributed by atoms with Crippen molar-refractivity contribution < 1.29 is 0 Å². The van der Waals surface area contributed by atoms with Crippen LogP contribution in [-0.2, 0) is 10.8 Å². The van der Waals surface area contributed by atoms with Gasteiger partial charge in [-0.05, 0) is 276 Å². The van der Waals surface area contributed by atoms with Crippen LogP contribution < -0.4 is 14.7 Å². The predicted octanol–water partition coefficient (Wildman–Crippen LogP) is 23.3. The number of hydrogen-bond donors (Lipinski definition) is 0. The minimum absolute atomic E-state index is 0.369. The van der Waals surface area contributed by atoms with Crippen LogP contribution in [-0.4, -0.2) is 4.57 Å². The summed E-state index contributed by atoms with van der Waals surface area (Å²) in [6, 6.07) is 95.7. The summed E-state index contributed by atoms with van der Waals surface area (Å²) >= 11 is 0. The molecule has 88 heavy (non-hydrogen) atoms. The summed E-state index contributed by atoms with van der Waals surface area (Å²) in [6.45, 7) is 23.0. The van der Waals surface area contributed by atoms with Gasteiger partial charge in [-0.3, -0.25) is 0 Å². The summed E-state index contributed by atoms with van der Waals surface area (Å²) in [6.07, 6.45) is 0. The second-order valence-corrected chi connectivity index (χ2v) is 26.0. The second kappa shape index (κ2) is 20.8. The number of fused-ring (bicyclic) bond motifs is 1. The molecule has 15 rings (SSSR count). The Morgan fingerprint density at radius 1 is 0.239 bits per heavy atom. The van der Waals surface area contributed by atoms with Crippen LogP contribution >= 0.6 is 0 Å². The second-order valence-electron chi connectivity index (χ2n) is 26.0. The zero-order valence-corrected chi connectivity index (χ0v) is 52.0. The van der Waals surface area contributed by atoms with E-state index in [1.165, 1.54) is 117 Å². The van der Waals surface area contributed by atoms with Crippen molar-refractivity contribution in [2.45, 2.75) is 80.1 Å². The molecule has 0 saturated carbocycles. The molecule has 2 aliphatic rings. The van der Waals surface area contributed by atoms with Crippen LogP contribution in [0.15, 0.2) is 255 Å². The highest BCUT2D eigenvalue weighted by molar-refractivity contribution is 6.16. The predicted molar refractivity (Wildman–Crippen MR) is 374 cm³/mol. The van der Waals surface area contributed by atoms with Gasteiger partial charge in [0.1, 0.15) is 0 Å². The molecular formula is C84H72N4. The third-order valence-corrected chi connectivity index (χ3v) is 18.8. The number of para-hydroxylation sites is 3. The topological polar surface area (TPSA) is 14.7 Å². The van der Waals surface area contributed by atoms with E-state index in [0.29, 0.717) is 0 Å². The molecule has 0 bridgehead atoms. The first-order valence-corrected chi connectivity index (χ1v) is 31.0. The van der Waals surface area contributed by atoms with E-state index in [2.05, 4.69) is 343 Å². The molecule has 428 valence electrons. The van der Waals surface area contributed by atoms with Crippen molar-refractivity contribution in [2.75, 3.05) is 14.7 Å². The Kier molecular flexibility index (Phi) is 12.9. The number of hydrogen-bond acceptors (Lipinski definition) is 3. The summed E-state index contributed by atoms with van der Waals surface area (Å²) in [7, 11) is 0. The first-order chi connectivity index (χ1) is 42.5. The SMILES string of the molecule is Cc1cc(C)cc(N(c2ccccc2)c2ccc(-c3cc4c5c(c3)C(C)(C)c3cc(-c6ccc(N(c7ccccc7)c7cc(C)cc(C)c7)cc6)cc6c7cc(-c8ccc(N(c9ccccc9)c9cc(C)cc(C)c9)cc8)cc(c7n-5c36)C4(C)C)cc2)c1. The van der Waals surface area contributed by atoms with Crippen LogP contribution in [0, 0.1) is 41.5 Å². The van der Waals surface area contributed by atoms with Crippen molar-refractivity contribution in [3.05, 3.63) is 310 Å². The fourth-order valence-electron chi connectivity index (χ4n) is 14.8. The summed E-state index contributed by atoms with van der Waals surface area (Å²) in [5.74, 6) is 0. The standard InChI is InChI=1S/C84H72N4/c1-53-38-54(2)42-71(41-53)85(65-20-14-11-15-21-65)68-32-26-59(27-33-68)62-47-74-75-48-63(60-28-34-69(35-29-60)86(66-22-16-12-17-23-66)72-43-55(3)39-56(4)44-72)50-77-81(75)88-80(74)76(49-62)83(7,8)78-51-64(52-79(82(78)88)84(77,9)10)61-30-36-70(37-31-61)87(67-24-18-13-19-25-67)73-45-57(5)40-58(6)46-73/h11-52H,1-10H3. The van der Waals surface area contributed by atoms with Gasteiger partial charge in [0, 0.05) is 72.8 Å². The average Bonchev–Trinajstić information content (AvgIpc) is 1.44. The molecule has 0 fully saturated rings. The van der Waals surface area contributed by atoms with Gasteiger partial charge in [-0.15, -0.1) is 0 Å². The van der Waals surface area contributed by atoms with Crippen LogP contribution in [0.2, 0.25) is 0 Å². The molecule has 13 aromatic rings. The highest BCUT2D eigenvalue weighted by Crippen LogP contribution is 2.58. The van der Waals surface area contributed by atoms with Crippen molar-refractivity contribution in [1.29, 1.82) is 0 Å². The molecular weight excluding hydrogens is 1060 g/mol. The molecule has 4 heteroatoms. The van der Waals surface area contributed by atoms with Crippen molar-refractivity contribution in [2.24, 2.45) is 0 Å². The minimum atomic E-state index is -0.369. The quantitative estimate of drug-likeness (QED) is 0.121. The molecule has 0 spiro atoms. The average molecular weight is 1140 g/mol. The third kappa shape index (κ3) is 9.12. The lowest BCUT2D eigenvalue weighted by Crippen LogP contribution is -2.33. The molecule has 0 atom stereocenters. The Hall–Kier alpha value is -10.2. The van der Waals surface area contributed by atoms with Crippen LogP contribution in [0.3, 0.4) is 0 Å². The Labute approximate surface area is 518 Å². The lowest BCUT2D eigenvalue weighted by Gasteiger charge is -2.42. The van der Waals surface area contributed by atoms with Crippen LogP contribution in [0.4, 0.5) is 51.2 Å². The number of anilines is 9. The molecule has 4 nitrogen and oxygen atoms in total. The maximum absolute atomic E-state index is 2.67. The minimum Gasteiger partial charge on any atom is -0.310 e. The fraction of sp³-hybridized carbons (Fsp3) is 0.143. The van der Waals surface area contributed by atoms with Gasteiger partial charge in [-0.25, -0.2) is 0 Å². The Balaban J connectivity index is 0.913. The lowest BCUT2D eigenvalue weighted by molar-refractivity contribution is 0.594. The van der Waals surface area contributed by atoms with Crippen molar-refractivity contribution in [3.8, 4) is 39.1 Å². The number of nitrogens with zero attached hydrogens (tertiary/aromatic N) is 4. The van der Waals surface area contributed by atoms with E-state index in [1.807, 2.05) is 0 Å². The van der Waals surface area contributed by atoms with E-state index in [4.69, 9.17) is 0 Å². The van der Waals surface area contributed by atoms with Gasteiger partial charge in [0.15, 0.2) is 0 Å². The van der Waals surface area contributed by atoms with Gasteiger partial charge < -0.3 is 19.3 Å². The van der Waals surface area contributed by atoms with Crippen molar-refractivity contribution in [1.82, 2.24) is 4.57 Å². The summed E-state index contributed by atoms with van der Waals surface area (Å²) < 4.78 is 2.67. The molecule has 0 saturated heterocycles. The van der Waals surface area contributed by atoms with Gasteiger partial charge in [0.2, 0.25) is 0 Å². The van der Waals surface area contributed by atoms with Crippen LogP contribution in [0.5, 0.6) is 0 Å². The summed E-state index contributed by atoms with van der Waals surface area (Å²) in [5.41, 5.74) is 33.5. The largest absolute Gasteiger partial charge is 0.310 e. The molecule has 0 aliphatic carbocycles. The molecule has 0 amide bonds. The third-order valence-electron chi connectivity index (χ3n) is 18.8. The van der Waals surface area contributed by atoms with E-state index < -0.39 is 0 Å². The highest BCUT2D eigenvalue weighted by Gasteiger charge is 2.44. The lowest BCUT2D eigenvalue weighted by atomic mass is 9.67. The van der Waals surface area contributed by atoms with Gasteiger partial charge in [0.05, 0.1) is 16.7 Å².